The first-order valence-corrected chi connectivity index (χ1v) is 8.14. The van der Waals surface area contributed by atoms with Crippen molar-refractivity contribution in [1.82, 2.24) is 10.2 Å². The Morgan fingerprint density at radius 2 is 1.52 bits per heavy atom. The number of carbonyl (C=O) groups excluding carboxylic acids is 3. The van der Waals surface area contributed by atoms with Gasteiger partial charge in [-0.15, -0.1) is 0 Å². The van der Waals surface area contributed by atoms with Crippen LogP contribution < -0.4 is 5.32 Å². The average Bonchev–Trinajstić information content (AvgIpc) is 2.94. The summed E-state index contributed by atoms with van der Waals surface area (Å²) in [6.45, 7) is 2.61. The minimum atomic E-state index is -0.959. The fraction of sp³-hybridized carbons (Fsp3) is 0.812. The molecule has 3 aliphatic rings. The maximum Gasteiger partial charge on any atom is 0.330 e. The van der Waals surface area contributed by atoms with Crippen molar-refractivity contribution in [3.05, 3.63) is 0 Å². The monoisotopic (exact) mass is 292 g/mol. The van der Waals surface area contributed by atoms with E-state index >= 15 is 0 Å². The fourth-order valence-electron chi connectivity index (χ4n) is 4.24. The summed E-state index contributed by atoms with van der Waals surface area (Å²) >= 11 is 0. The van der Waals surface area contributed by atoms with Crippen LogP contribution in [0.1, 0.15) is 64.7 Å². The van der Waals surface area contributed by atoms with Crippen LogP contribution in [0.4, 0.5) is 4.79 Å². The lowest BCUT2D eigenvalue weighted by Crippen LogP contribution is -2.64. The molecule has 0 radical (unpaired) electrons. The lowest BCUT2D eigenvalue weighted by Gasteiger charge is -2.42. The maximum atomic E-state index is 12.8. The molecule has 2 aliphatic carbocycles. The third-order valence-corrected chi connectivity index (χ3v) is 5.61. The Bertz CT molecular complexity index is 474. The number of hydrogen-bond donors (Lipinski definition) is 1. The average molecular weight is 292 g/mol. The first kappa shape index (κ1) is 14.5. The Kier molecular flexibility index (Phi) is 3.54. The zero-order chi connectivity index (χ0) is 15.1. The van der Waals surface area contributed by atoms with Gasteiger partial charge in [-0.05, 0) is 31.1 Å². The number of rotatable bonds is 2. The highest BCUT2D eigenvalue weighted by Gasteiger charge is 2.55. The van der Waals surface area contributed by atoms with Crippen molar-refractivity contribution in [1.29, 1.82) is 0 Å². The number of amides is 4. The molecule has 1 heterocycles. The Morgan fingerprint density at radius 3 is 2.14 bits per heavy atom. The normalized spacial score (nSPS) is 28.0. The smallest absolute Gasteiger partial charge is 0.277 e. The molecule has 1 spiro atoms. The van der Waals surface area contributed by atoms with E-state index in [1.165, 1.54) is 11.3 Å². The van der Waals surface area contributed by atoms with E-state index in [2.05, 4.69) is 12.2 Å². The highest BCUT2D eigenvalue weighted by molar-refractivity contribution is 6.19. The number of imide groups is 2. The van der Waals surface area contributed by atoms with Crippen molar-refractivity contribution in [2.24, 2.45) is 10.8 Å². The molecular weight excluding hydrogens is 268 g/mol. The number of barbiturate groups is 1. The first-order chi connectivity index (χ1) is 9.97. The molecule has 4 amide bonds. The Balaban J connectivity index is 1.82. The Morgan fingerprint density at radius 1 is 0.952 bits per heavy atom. The molecule has 0 atom stereocenters. The third kappa shape index (κ3) is 2.36. The zero-order valence-corrected chi connectivity index (χ0v) is 12.7. The molecule has 0 aromatic carbocycles. The molecule has 116 valence electrons. The molecule has 1 aliphatic heterocycles. The van der Waals surface area contributed by atoms with E-state index in [4.69, 9.17) is 0 Å². The van der Waals surface area contributed by atoms with E-state index in [1.807, 2.05) is 0 Å². The van der Waals surface area contributed by atoms with Gasteiger partial charge in [-0.1, -0.05) is 39.0 Å². The van der Waals surface area contributed by atoms with Crippen LogP contribution >= 0.6 is 0 Å². The van der Waals surface area contributed by atoms with Gasteiger partial charge in [0.2, 0.25) is 11.8 Å². The van der Waals surface area contributed by atoms with Gasteiger partial charge >= 0.3 is 6.03 Å². The van der Waals surface area contributed by atoms with Gasteiger partial charge in [0.1, 0.15) is 5.41 Å². The van der Waals surface area contributed by atoms with Gasteiger partial charge in [-0.2, -0.15) is 0 Å². The van der Waals surface area contributed by atoms with Gasteiger partial charge in [0.15, 0.2) is 0 Å². The van der Waals surface area contributed by atoms with Gasteiger partial charge in [-0.25, -0.2) is 4.79 Å². The SMILES string of the molecule is CC1(CN2C(=O)NC(=O)C3(CCCC3)C2=O)CCCCC1. The zero-order valence-electron chi connectivity index (χ0n) is 12.7. The summed E-state index contributed by atoms with van der Waals surface area (Å²) in [5.74, 6) is -0.624. The highest BCUT2D eigenvalue weighted by atomic mass is 16.2. The van der Waals surface area contributed by atoms with Crippen molar-refractivity contribution < 1.29 is 14.4 Å². The van der Waals surface area contributed by atoms with Crippen molar-refractivity contribution in [2.75, 3.05) is 6.54 Å². The maximum absolute atomic E-state index is 12.8. The quantitative estimate of drug-likeness (QED) is 0.795. The van der Waals surface area contributed by atoms with Crippen molar-refractivity contribution >= 4 is 17.8 Å². The number of nitrogens with one attached hydrogen (secondary N) is 1. The van der Waals surface area contributed by atoms with E-state index in [1.54, 1.807) is 0 Å². The van der Waals surface area contributed by atoms with E-state index in [0.29, 0.717) is 19.4 Å². The van der Waals surface area contributed by atoms with Gasteiger partial charge in [0.25, 0.3) is 0 Å². The summed E-state index contributed by atoms with van der Waals surface area (Å²) in [6.07, 6.45) is 8.58. The van der Waals surface area contributed by atoms with Crippen LogP contribution in [-0.4, -0.2) is 29.3 Å². The molecule has 2 saturated carbocycles. The van der Waals surface area contributed by atoms with Gasteiger partial charge in [-0.3, -0.25) is 19.8 Å². The number of hydrogen-bond acceptors (Lipinski definition) is 3. The van der Waals surface area contributed by atoms with Gasteiger partial charge in [0.05, 0.1) is 0 Å². The van der Waals surface area contributed by atoms with Crippen LogP contribution in [0.5, 0.6) is 0 Å². The van der Waals surface area contributed by atoms with Crippen LogP contribution in [-0.2, 0) is 9.59 Å². The third-order valence-electron chi connectivity index (χ3n) is 5.61. The summed E-state index contributed by atoms with van der Waals surface area (Å²) in [7, 11) is 0. The van der Waals surface area contributed by atoms with Crippen molar-refractivity contribution in [3.63, 3.8) is 0 Å². The minimum absolute atomic E-state index is 0.00539. The molecule has 0 bridgehead atoms. The summed E-state index contributed by atoms with van der Waals surface area (Å²) in [6, 6.07) is -0.519. The minimum Gasteiger partial charge on any atom is -0.277 e. The molecule has 0 aromatic rings. The summed E-state index contributed by atoms with van der Waals surface area (Å²) in [4.78, 5) is 38.5. The molecule has 3 fully saturated rings. The van der Waals surface area contributed by atoms with E-state index in [0.717, 1.165) is 38.5 Å². The predicted molar refractivity (Wildman–Crippen MR) is 77.3 cm³/mol. The highest BCUT2D eigenvalue weighted by Crippen LogP contribution is 2.43. The van der Waals surface area contributed by atoms with Crippen LogP contribution in [0.2, 0.25) is 0 Å². The molecule has 5 nitrogen and oxygen atoms in total. The predicted octanol–water partition coefficient (Wildman–Crippen LogP) is 2.60. The van der Waals surface area contributed by atoms with Crippen LogP contribution in [0, 0.1) is 10.8 Å². The van der Waals surface area contributed by atoms with E-state index < -0.39 is 11.4 Å². The van der Waals surface area contributed by atoms with Crippen LogP contribution in [0.3, 0.4) is 0 Å². The van der Waals surface area contributed by atoms with Crippen molar-refractivity contribution in [3.8, 4) is 0 Å². The van der Waals surface area contributed by atoms with Crippen molar-refractivity contribution in [2.45, 2.75) is 64.7 Å². The molecule has 3 rings (SSSR count). The summed E-state index contributed by atoms with van der Waals surface area (Å²) < 4.78 is 0. The molecule has 1 N–H and O–H groups in total. The number of carbonyl (C=O) groups is 3. The second kappa shape index (κ2) is 5.11. The standard InChI is InChI=1S/C16H24N2O3/c1-15(7-3-2-4-8-15)11-18-13(20)16(9-5-6-10-16)12(19)17-14(18)21/h2-11H2,1H3,(H,17,19,21). The first-order valence-electron chi connectivity index (χ1n) is 8.14. The lowest BCUT2D eigenvalue weighted by atomic mass is 9.74. The lowest BCUT2D eigenvalue weighted by molar-refractivity contribution is -0.152. The summed E-state index contributed by atoms with van der Waals surface area (Å²) in [5.41, 5.74) is -0.954. The molecule has 21 heavy (non-hydrogen) atoms. The molecule has 5 heteroatoms. The Labute approximate surface area is 125 Å². The fourth-order valence-corrected chi connectivity index (χ4v) is 4.24. The van der Waals surface area contributed by atoms with E-state index in [-0.39, 0.29) is 17.2 Å². The molecule has 1 saturated heterocycles. The second-order valence-corrected chi connectivity index (χ2v) is 7.31. The molecule has 0 unspecified atom stereocenters. The number of urea groups is 1. The van der Waals surface area contributed by atoms with Gasteiger partial charge in [0, 0.05) is 6.54 Å². The molecule has 0 aromatic heterocycles. The molecular formula is C16H24N2O3. The number of nitrogens with zero attached hydrogens (tertiary/aromatic N) is 1. The van der Waals surface area contributed by atoms with E-state index in [9.17, 15) is 14.4 Å². The largest absolute Gasteiger partial charge is 0.330 e. The second-order valence-electron chi connectivity index (χ2n) is 7.31. The topological polar surface area (TPSA) is 66.5 Å². The van der Waals surface area contributed by atoms with Crippen LogP contribution in [0.15, 0.2) is 0 Å². The van der Waals surface area contributed by atoms with Crippen LogP contribution in [0.25, 0.3) is 0 Å². The summed E-state index contributed by atoms with van der Waals surface area (Å²) in [5, 5.41) is 2.43. The van der Waals surface area contributed by atoms with Gasteiger partial charge < -0.3 is 0 Å². The Hall–Kier alpha value is -1.39.